The van der Waals surface area contributed by atoms with Crippen molar-refractivity contribution >= 4 is 43.4 Å². The van der Waals surface area contributed by atoms with E-state index in [2.05, 4.69) is 50.4 Å². The largest absolute Gasteiger partial charge is 0.454 e. The van der Waals surface area contributed by atoms with Crippen molar-refractivity contribution in [3.63, 3.8) is 0 Å². The van der Waals surface area contributed by atoms with Gasteiger partial charge in [0, 0.05) is 25.3 Å². The molecule has 0 unspecified atom stereocenters. The number of piperidine rings is 1. The molecule has 11 heteroatoms. The van der Waals surface area contributed by atoms with Gasteiger partial charge in [-0.1, -0.05) is 58.4 Å². The molecule has 0 radical (unpaired) electrons. The fraction of sp³-hybridized carbons (Fsp3) is 0.655. The van der Waals surface area contributed by atoms with Crippen LogP contribution in [0.3, 0.4) is 0 Å². The minimum atomic E-state index is -3.29. The molecule has 220 valence electrons. The number of rotatable bonds is 9. The van der Waals surface area contributed by atoms with Crippen molar-refractivity contribution in [2.45, 2.75) is 89.3 Å². The highest BCUT2D eigenvalue weighted by Crippen LogP contribution is 2.41. The summed E-state index contributed by atoms with van der Waals surface area (Å²) in [5.74, 6) is 4.00. The van der Waals surface area contributed by atoms with Crippen molar-refractivity contribution in [3.8, 4) is 11.5 Å². The van der Waals surface area contributed by atoms with Crippen molar-refractivity contribution in [2.24, 2.45) is 11.8 Å². The number of fused-ring (bicyclic) bond motifs is 1. The van der Waals surface area contributed by atoms with Crippen LogP contribution in [0, 0.1) is 11.8 Å². The average molecular weight is 637 g/mol. The summed E-state index contributed by atoms with van der Waals surface area (Å²) >= 11 is 3.53. The van der Waals surface area contributed by atoms with Gasteiger partial charge in [-0.15, -0.1) is 0 Å². The summed E-state index contributed by atoms with van der Waals surface area (Å²) in [5, 5.41) is 6.49. The monoisotopic (exact) mass is 635 g/mol. The Hall–Kier alpha value is -2.11. The zero-order valence-electron chi connectivity index (χ0n) is 23.6. The maximum absolute atomic E-state index is 13.6. The number of hydrogen-bond donors (Lipinski definition) is 2. The summed E-state index contributed by atoms with van der Waals surface area (Å²) in [6.45, 7) is 5.83. The molecule has 1 saturated carbocycles. The number of sulfonamides is 1. The minimum absolute atomic E-state index is 0.108. The third-order valence-electron chi connectivity index (χ3n) is 8.88. The molecule has 2 fully saturated rings. The Balaban J connectivity index is 1.15. The number of aromatic nitrogens is 2. The molecule has 1 aromatic heterocycles. The molecule has 9 nitrogen and oxygen atoms in total. The van der Waals surface area contributed by atoms with Crippen molar-refractivity contribution in [1.29, 1.82) is 0 Å². The van der Waals surface area contributed by atoms with Gasteiger partial charge in [0.05, 0.1) is 15.4 Å². The smallest absolute Gasteiger partial charge is 0.231 e. The molecule has 0 bridgehead atoms. The Labute approximate surface area is 247 Å². The summed E-state index contributed by atoms with van der Waals surface area (Å²) in [6, 6.07) is 5.78. The molecule has 5 rings (SSSR count). The van der Waals surface area contributed by atoms with Crippen LogP contribution in [0.2, 0.25) is 0 Å². The Morgan fingerprint density at radius 3 is 2.48 bits per heavy atom. The van der Waals surface area contributed by atoms with Crippen molar-refractivity contribution in [1.82, 2.24) is 14.3 Å². The van der Waals surface area contributed by atoms with Gasteiger partial charge < -0.3 is 20.1 Å². The van der Waals surface area contributed by atoms with Gasteiger partial charge in [0.25, 0.3) is 0 Å². The van der Waals surface area contributed by atoms with Crippen molar-refractivity contribution in [2.75, 3.05) is 30.5 Å². The molecule has 0 atom stereocenters. The lowest BCUT2D eigenvalue weighted by molar-refractivity contribution is 0.174. The molecule has 40 heavy (non-hydrogen) atoms. The number of hydrogen-bond acceptors (Lipinski definition) is 8. The van der Waals surface area contributed by atoms with Gasteiger partial charge in [-0.25, -0.2) is 17.7 Å². The molecule has 2 aliphatic heterocycles. The second-order valence-electron chi connectivity index (χ2n) is 11.2. The van der Waals surface area contributed by atoms with Crippen LogP contribution < -0.4 is 20.1 Å². The van der Waals surface area contributed by atoms with Crippen molar-refractivity contribution < 1.29 is 17.9 Å². The lowest BCUT2D eigenvalue weighted by Gasteiger charge is -2.35. The topological polar surface area (TPSA) is 106 Å². The summed E-state index contributed by atoms with van der Waals surface area (Å²) in [7, 11) is -3.29. The molecule has 3 aliphatic rings. The SMILES string of the molecule is CCC(CC)C1CCCC(S(=O)(=O)N2CCC(Nc3ncc(Br)c(Nc4cccc5c4OCO5)n3)CC2)CCC1. The lowest BCUT2D eigenvalue weighted by Crippen LogP contribution is -2.46. The fourth-order valence-electron chi connectivity index (χ4n) is 6.56. The Morgan fingerprint density at radius 2 is 1.77 bits per heavy atom. The van der Waals surface area contributed by atoms with E-state index in [1.807, 2.05) is 18.2 Å². The molecular weight excluding hydrogens is 594 g/mol. The molecule has 1 aromatic carbocycles. The van der Waals surface area contributed by atoms with E-state index in [0.717, 1.165) is 60.5 Å². The second-order valence-corrected chi connectivity index (χ2v) is 14.3. The number of ether oxygens (including phenoxy) is 2. The normalized spacial score (nSPS) is 22.6. The molecule has 1 saturated heterocycles. The molecule has 2 N–H and O–H groups in total. The Morgan fingerprint density at radius 1 is 1.05 bits per heavy atom. The number of nitrogens with one attached hydrogen (secondary N) is 2. The third kappa shape index (κ3) is 6.68. The number of nitrogens with zero attached hydrogens (tertiary/aromatic N) is 3. The van der Waals surface area contributed by atoms with Gasteiger partial charge in [-0.2, -0.15) is 4.98 Å². The maximum Gasteiger partial charge on any atom is 0.231 e. The highest BCUT2D eigenvalue weighted by atomic mass is 79.9. The zero-order valence-corrected chi connectivity index (χ0v) is 26.0. The lowest BCUT2D eigenvalue weighted by atomic mass is 9.79. The minimum Gasteiger partial charge on any atom is -0.454 e. The van der Waals surface area contributed by atoms with Gasteiger partial charge in [-0.05, 0) is 65.6 Å². The molecule has 2 aromatic rings. The molecule has 0 amide bonds. The predicted octanol–water partition coefficient (Wildman–Crippen LogP) is 6.69. The van der Waals surface area contributed by atoms with Crippen LogP contribution >= 0.6 is 15.9 Å². The van der Waals surface area contributed by atoms with E-state index >= 15 is 0 Å². The average Bonchev–Trinajstić information content (AvgIpc) is 3.42. The molecular formula is C29H42BrN5O4S. The van der Waals surface area contributed by atoms with E-state index in [0.29, 0.717) is 36.4 Å². The maximum atomic E-state index is 13.6. The molecule has 0 spiro atoms. The highest BCUT2D eigenvalue weighted by molar-refractivity contribution is 9.10. The van der Waals surface area contributed by atoms with Crippen LogP contribution in [-0.4, -0.2) is 53.9 Å². The number of para-hydroxylation sites is 1. The first kappa shape index (κ1) is 29.4. The fourth-order valence-corrected chi connectivity index (χ4v) is 8.92. The predicted molar refractivity (Wildman–Crippen MR) is 162 cm³/mol. The Bertz CT molecular complexity index is 1240. The van der Waals surface area contributed by atoms with Gasteiger partial charge in [0.15, 0.2) is 11.5 Å². The third-order valence-corrected chi connectivity index (χ3v) is 11.9. The van der Waals surface area contributed by atoms with Gasteiger partial charge in [0.2, 0.25) is 22.8 Å². The van der Waals surface area contributed by atoms with Crippen LogP contribution in [0.15, 0.2) is 28.9 Å². The number of halogens is 1. The van der Waals surface area contributed by atoms with Gasteiger partial charge in [-0.3, -0.25) is 0 Å². The van der Waals surface area contributed by atoms with E-state index in [1.54, 1.807) is 10.5 Å². The first-order chi connectivity index (χ1) is 19.4. The zero-order chi connectivity index (χ0) is 28.1. The summed E-state index contributed by atoms with van der Waals surface area (Å²) in [5.41, 5.74) is 0.763. The van der Waals surface area contributed by atoms with Crippen LogP contribution in [0.4, 0.5) is 17.5 Å². The van der Waals surface area contributed by atoms with Gasteiger partial charge >= 0.3 is 0 Å². The van der Waals surface area contributed by atoms with Crippen LogP contribution in [0.25, 0.3) is 0 Å². The van der Waals surface area contributed by atoms with E-state index < -0.39 is 10.0 Å². The van der Waals surface area contributed by atoms with E-state index in [4.69, 9.17) is 9.47 Å². The first-order valence-corrected chi connectivity index (χ1v) is 17.1. The number of anilines is 3. The van der Waals surface area contributed by atoms with E-state index in [9.17, 15) is 8.42 Å². The van der Waals surface area contributed by atoms with Crippen molar-refractivity contribution in [3.05, 3.63) is 28.9 Å². The molecule has 1 aliphatic carbocycles. The summed E-state index contributed by atoms with van der Waals surface area (Å²) < 4.78 is 40.7. The number of benzene rings is 1. The van der Waals surface area contributed by atoms with E-state index in [1.165, 1.54) is 25.7 Å². The summed E-state index contributed by atoms with van der Waals surface area (Å²) in [4.78, 5) is 9.11. The second kappa shape index (κ2) is 13.2. The van der Waals surface area contributed by atoms with Crippen LogP contribution in [0.5, 0.6) is 11.5 Å². The van der Waals surface area contributed by atoms with E-state index in [-0.39, 0.29) is 18.1 Å². The quantitative estimate of drug-likeness (QED) is 0.314. The first-order valence-electron chi connectivity index (χ1n) is 14.8. The summed E-state index contributed by atoms with van der Waals surface area (Å²) in [6.07, 6.45) is 11.6. The standard InChI is InChI=1S/C29H42BrN5O4S/c1-3-20(4-2)21-8-5-10-23(11-6-9-21)40(36,37)35-16-14-22(15-17-35)32-29-31-18-24(30)28(34-29)33-25-12-7-13-26-27(25)39-19-38-26/h7,12-13,18,20-23H,3-6,8-11,14-17,19H2,1-2H3,(H2,31,32,33,34). The van der Waals surface area contributed by atoms with Crippen LogP contribution in [-0.2, 0) is 10.0 Å². The Kier molecular flexibility index (Phi) is 9.73. The molecule has 3 heterocycles. The van der Waals surface area contributed by atoms with Crippen LogP contribution in [0.1, 0.15) is 78.1 Å². The highest BCUT2D eigenvalue weighted by Gasteiger charge is 2.35. The van der Waals surface area contributed by atoms with Gasteiger partial charge in [0.1, 0.15) is 5.82 Å².